The molecule has 5 nitrogen and oxygen atoms in total. The van der Waals surface area contributed by atoms with E-state index in [0.29, 0.717) is 6.54 Å². The molecule has 0 bridgehead atoms. The lowest BCUT2D eigenvalue weighted by atomic mass is 10.2. The first kappa shape index (κ1) is 15.2. The second-order valence-electron chi connectivity index (χ2n) is 4.54. The molecule has 0 saturated carbocycles. The Balaban J connectivity index is 2.11. The Labute approximate surface area is 123 Å². The van der Waals surface area contributed by atoms with Crippen LogP contribution in [0, 0.1) is 0 Å². The summed E-state index contributed by atoms with van der Waals surface area (Å²) >= 11 is 1.64. The SMILES string of the molecule is CCS(=O)(=O)CCNC(c1cccs1)c1nccn1C. The maximum absolute atomic E-state index is 11.6. The summed E-state index contributed by atoms with van der Waals surface area (Å²) in [5.41, 5.74) is 0. The average molecular weight is 313 g/mol. The summed E-state index contributed by atoms with van der Waals surface area (Å²) in [7, 11) is -1.01. The fraction of sp³-hybridized carbons (Fsp3) is 0.462. The summed E-state index contributed by atoms with van der Waals surface area (Å²) in [4.78, 5) is 5.50. The Morgan fingerprint density at radius 2 is 2.30 bits per heavy atom. The van der Waals surface area contributed by atoms with Gasteiger partial charge in [-0.05, 0) is 11.4 Å². The third-order valence-electron chi connectivity index (χ3n) is 3.15. The van der Waals surface area contributed by atoms with Gasteiger partial charge in [0.2, 0.25) is 0 Å². The number of imidazole rings is 1. The van der Waals surface area contributed by atoms with Crippen LogP contribution in [0.25, 0.3) is 0 Å². The zero-order valence-corrected chi connectivity index (χ0v) is 13.2. The Bertz CT molecular complexity index is 632. The number of nitrogens with zero attached hydrogens (tertiary/aromatic N) is 2. The van der Waals surface area contributed by atoms with Crippen LogP contribution in [0.2, 0.25) is 0 Å². The number of sulfone groups is 1. The van der Waals surface area contributed by atoms with Crippen LogP contribution in [-0.2, 0) is 16.9 Å². The van der Waals surface area contributed by atoms with E-state index in [1.54, 1.807) is 24.5 Å². The van der Waals surface area contributed by atoms with Crippen molar-refractivity contribution in [3.8, 4) is 0 Å². The van der Waals surface area contributed by atoms with Crippen LogP contribution in [0.3, 0.4) is 0 Å². The van der Waals surface area contributed by atoms with E-state index in [9.17, 15) is 8.42 Å². The van der Waals surface area contributed by atoms with Gasteiger partial charge in [0.05, 0.1) is 5.75 Å². The molecule has 110 valence electrons. The number of nitrogens with one attached hydrogen (secondary N) is 1. The minimum atomic E-state index is -2.95. The molecule has 0 saturated heterocycles. The van der Waals surface area contributed by atoms with Crippen LogP contribution in [0.4, 0.5) is 0 Å². The van der Waals surface area contributed by atoms with E-state index in [4.69, 9.17) is 0 Å². The van der Waals surface area contributed by atoms with Gasteiger partial charge in [-0.1, -0.05) is 13.0 Å². The summed E-state index contributed by atoms with van der Waals surface area (Å²) in [5.74, 6) is 1.22. The molecule has 0 spiro atoms. The molecule has 2 heterocycles. The Morgan fingerprint density at radius 3 is 2.85 bits per heavy atom. The van der Waals surface area contributed by atoms with Crippen molar-refractivity contribution in [2.75, 3.05) is 18.1 Å². The second-order valence-corrected chi connectivity index (χ2v) is 7.99. The van der Waals surface area contributed by atoms with Crippen molar-refractivity contribution in [3.05, 3.63) is 40.6 Å². The molecule has 0 aliphatic rings. The minimum Gasteiger partial charge on any atom is -0.336 e. The fourth-order valence-electron chi connectivity index (χ4n) is 1.93. The number of hydrogen-bond acceptors (Lipinski definition) is 5. The van der Waals surface area contributed by atoms with Crippen LogP contribution in [0.15, 0.2) is 29.9 Å². The number of aromatic nitrogens is 2. The van der Waals surface area contributed by atoms with Crippen LogP contribution >= 0.6 is 11.3 Å². The first-order chi connectivity index (χ1) is 9.53. The molecule has 2 rings (SSSR count). The highest BCUT2D eigenvalue weighted by molar-refractivity contribution is 7.91. The lowest BCUT2D eigenvalue weighted by Gasteiger charge is -2.17. The van der Waals surface area contributed by atoms with E-state index in [1.165, 1.54) is 0 Å². The maximum atomic E-state index is 11.6. The normalized spacial score (nSPS) is 13.5. The highest BCUT2D eigenvalue weighted by Gasteiger charge is 2.19. The van der Waals surface area contributed by atoms with Gasteiger partial charge < -0.3 is 9.88 Å². The predicted molar refractivity (Wildman–Crippen MR) is 81.7 cm³/mol. The summed E-state index contributed by atoms with van der Waals surface area (Å²) in [6, 6.07) is 3.95. The molecular weight excluding hydrogens is 294 g/mol. The number of thiophene rings is 1. The van der Waals surface area contributed by atoms with E-state index in [2.05, 4.69) is 10.3 Å². The Kier molecular flexibility index (Phi) is 4.95. The van der Waals surface area contributed by atoms with Gasteiger partial charge in [-0.2, -0.15) is 0 Å². The molecule has 20 heavy (non-hydrogen) atoms. The van der Waals surface area contributed by atoms with E-state index >= 15 is 0 Å². The molecule has 0 radical (unpaired) electrons. The van der Waals surface area contributed by atoms with E-state index in [-0.39, 0.29) is 17.5 Å². The number of aryl methyl sites for hydroxylation is 1. The second kappa shape index (κ2) is 6.51. The first-order valence-electron chi connectivity index (χ1n) is 6.48. The molecular formula is C13H19N3O2S2. The fourth-order valence-corrected chi connectivity index (χ4v) is 3.45. The molecule has 1 N–H and O–H groups in total. The monoisotopic (exact) mass is 313 g/mol. The van der Waals surface area contributed by atoms with Crippen molar-refractivity contribution in [2.24, 2.45) is 7.05 Å². The van der Waals surface area contributed by atoms with Crippen LogP contribution in [0.5, 0.6) is 0 Å². The lowest BCUT2D eigenvalue weighted by molar-refractivity contribution is 0.567. The largest absolute Gasteiger partial charge is 0.336 e. The van der Waals surface area contributed by atoms with E-state index in [0.717, 1.165) is 10.7 Å². The van der Waals surface area contributed by atoms with Crippen molar-refractivity contribution in [1.82, 2.24) is 14.9 Å². The highest BCUT2D eigenvalue weighted by Crippen LogP contribution is 2.24. The van der Waals surface area contributed by atoms with Crippen LogP contribution in [0.1, 0.15) is 23.7 Å². The molecule has 1 unspecified atom stereocenters. The van der Waals surface area contributed by atoms with Gasteiger partial charge in [-0.3, -0.25) is 0 Å². The summed E-state index contributed by atoms with van der Waals surface area (Å²) in [6.45, 7) is 2.09. The van der Waals surface area contributed by atoms with Crippen molar-refractivity contribution in [1.29, 1.82) is 0 Å². The molecule has 0 aliphatic carbocycles. The molecule has 1 atom stereocenters. The van der Waals surface area contributed by atoms with Crippen molar-refractivity contribution in [3.63, 3.8) is 0 Å². The van der Waals surface area contributed by atoms with Crippen LogP contribution in [-0.4, -0.2) is 36.0 Å². The molecule has 2 aromatic heterocycles. The van der Waals surface area contributed by atoms with Gasteiger partial charge in [-0.15, -0.1) is 11.3 Å². The average Bonchev–Trinajstić information content (AvgIpc) is 3.06. The molecule has 2 aromatic rings. The summed E-state index contributed by atoms with van der Waals surface area (Å²) < 4.78 is 25.1. The molecule has 0 amide bonds. The van der Waals surface area contributed by atoms with Crippen molar-refractivity contribution in [2.45, 2.75) is 13.0 Å². The van der Waals surface area contributed by atoms with E-state index in [1.807, 2.05) is 35.3 Å². The molecule has 0 aliphatic heterocycles. The smallest absolute Gasteiger partial charge is 0.151 e. The lowest BCUT2D eigenvalue weighted by Crippen LogP contribution is -2.29. The van der Waals surface area contributed by atoms with Gasteiger partial charge in [0.1, 0.15) is 11.9 Å². The third kappa shape index (κ3) is 3.68. The van der Waals surface area contributed by atoms with E-state index < -0.39 is 9.84 Å². The molecule has 0 fully saturated rings. The van der Waals surface area contributed by atoms with Crippen molar-refractivity contribution >= 4 is 21.2 Å². The summed E-state index contributed by atoms with van der Waals surface area (Å²) in [5, 5.41) is 5.31. The Hall–Kier alpha value is -1.18. The number of hydrogen-bond donors (Lipinski definition) is 1. The molecule has 0 aromatic carbocycles. The quantitative estimate of drug-likeness (QED) is 0.843. The van der Waals surface area contributed by atoms with Crippen LogP contribution < -0.4 is 5.32 Å². The van der Waals surface area contributed by atoms with Gasteiger partial charge in [0, 0.05) is 36.6 Å². The number of rotatable bonds is 7. The standard InChI is InChI=1S/C13H19N3O2S2/c1-3-20(17,18)10-7-14-12(11-5-4-9-19-11)13-15-6-8-16(13)2/h4-6,8-9,12,14H,3,7,10H2,1-2H3. The topological polar surface area (TPSA) is 64.0 Å². The Morgan fingerprint density at radius 1 is 1.50 bits per heavy atom. The zero-order valence-electron chi connectivity index (χ0n) is 11.6. The summed E-state index contributed by atoms with van der Waals surface area (Å²) in [6.07, 6.45) is 3.64. The van der Waals surface area contributed by atoms with Crippen molar-refractivity contribution < 1.29 is 8.42 Å². The first-order valence-corrected chi connectivity index (χ1v) is 9.18. The van der Waals surface area contributed by atoms with Gasteiger partial charge in [0.25, 0.3) is 0 Å². The van der Waals surface area contributed by atoms with Gasteiger partial charge >= 0.3 is 0 Å². The predicted octanol–water partition coefficient (Wildman–Crippen LogP) is 1.60. The molecule has 7 heteroatoms. The minimum absolute atomic E-state index is 0.0675. The maximum Gasteiger partial charge on any atom is 0.151 e. The van der Waals surface area contributed by atoms with Gasteiger partial charge in [0.15, 0.2) is 9.84 Å². The highest BCUT2D eigenvalue weighted by atomic mass is 32.2. The zero-order chi connectivity index (χ0) is 14.6. The third-order valence-corrected chi connectivity index (χ3v) is 5.79. The van der Waals surface area contributed by atoms with Gasteiger partial charge in [-0.25, -0.2) is 13.4 Å².